The topological polar surface area (TPSA) is 32.7 Å². The Bertz CT molecular complexity index is 512. The molecule has 21 heavy (non-hydrogen) atoms. The molecule has 3 rings (SSSR count). The van der Waals surface area contributed by atoms with Crippen molar-refractivity contribution in [1.82, 2.24) is 4.90 Å². The predicted molar refractivity (Wildman–Crippen MR) is 84.9 cm³/mol. The van der Waals surface area contributed by atoms with Crippen molar-refractivity contribution < 1.29 is 9.84 Å². The van der Waals surface area contributed by atoms with Crippen LogP contribution in [-0.2, 0) is 6.42 Å². The Labute approximate surface area is 127 Å². The Morgan fingerprint density at radius 2 is 2.14 bits per heavy atom. The molecule has 0 amide bonds. The van der Waals surface area contributed by atoms with Crippen molar-refractivity contribution >= 4 is 0 Å². The van der Waals surface area contributed by atoms with Gasteiger partial charge >= 0.3 is 0 Å². The van der Waals surface area contributed by atoms with Gasteiger partial charge in [-0.15, -0.1) is 0 Å². The van der Waals surface area contributed by atoms with E-state index in [9.17, 15) is 5.11 Å². The molecule has 1 aromatic carbocycles. The molecule has 2 aliphatic rings. The summed E-state index contributed by atoms with van der Waals surface area (Å²) in [6, 6.07) is 4.46. The smallest absolute Gasteiger partial charge is 0.160 e. The zero-order valence-electron chi connectivity index (χ0n) is 13.4. The van der Waals surface area contributed by atoms with Gasteiger partial charge in [0.15, 0.2) is 11.5 Å². The second-order valence-corrected chi connectivity index (χ2v) is 7.06. The molecule has 0 spiro atoms. The highest BCUT2D eigenvalue weighted by Crippen LogP contribution is 2.43. The number of aromatic hydroxyl groups is 1. The fourth-order valence-electron chi connectivity index (χ4n) is 4.17. The number of hydrogen-bond donors (Lipinski definition) is 1. The third-order valence-electron chi connectivity index (χ3n) is 5.05. The van der Waals surface area contributed by atoms with Gasteiger partial charge in [0.05, 0.1) is 7.11 Å². The van der Waals surface area contributed by atoms with Gasteiger partial charge in [0.1, 0.15) is 0 Å². The number of nitrogens with zero attached hydrogens (tertiary/aromatic N) is 1. The highest BCUT2D eigenvalue weighted by Gasteiger charge is 2.34. The van der Waals surface area contributed by atoms with Crippen LogP contribution in [0.2, 0.25) is 0 Å². The Hall–Kier alpha value is -1.22. The van der Waals surface area contributed by atoms with Crippen molar-refractivity contribution in [2.75, 3.05) is 20.2 Å². The molecule has 3 nitrogen and oxygen atoms in total. The SMILES string of the molecule is COc1cc2c(cc1O)C1CC[C@@H](CC(C)C)CN1CC2. The van der Waals surface area contributed by atoms with Crippen LogP contribution in [0.4, 0.5) is 0 Å². The third-order valence-corrected chi connectivity index (χ3v) is 5.05. The van der Waals surface area contributed by atoms with Crippen LogP contribution in [0.3, 0.4) is 0 Å². The normalized spacial score (nSPS) is 25.5. The summed E-state index contributed by atoms with van der Waals surface area (Å²) >= 11 is 0. The van der Waals surface area contributed by atoms with E-state index >= 15 is 0 Å². The molecule has 1 N–H and O–H groups in total. The summed E-state index contributed by atoms with van der Waals surface area (Å²) in [5.74, 6) is 2.52. The van der Waals surface area contributed by atoms with Crippen LogP contribution in [-0.4, -0.2) is 30.2 Å². The van der Waals surface area contributed by atoms with Crippen molar-refractivity contribution in [2.45, 2.75) is 45.6 Å². The molecule has 2 heterocycles. The Morgan fingerprint density at radius 3 is 2.86 bits per heavy atom. The average molecular weight is 289 g/mol. The first-order chi connectivity index (χ1) is 10.1. The minimum absolute atomic E-state index is 0.280. The fraction of sp³-hybridized carbons (Fsp3) is 0.667. The maximum Gasteiger partial charge on any atom is 0.160 e. The Morgan fingerprint density at radius 1 is 1.33 bits per heavy atom. The minimum atomic E-state index is 0.280. The molecule has 1 aromatic rings. The van der Waals surface area contributed by atoms with Gasteiger partial charge in [0, 0.05) is 19.1 Å². The number of rotatable bonds is 3. The molecule has 2 aliphatic heterocycles. The van der Waals surface area contributed by atoms with Gasteiger partial charge in [0.25, 0.3) is 0 Å². The van der Waals surface area contributed by atoms with Gasteiger partial charge < -0.3 is 9.84 Å². The van der Waals surface area contributed by atoms with Gasteiger partial charge in [-0.2, -0.15) is 0 Å². The van der Waals surface area contributed by atoms with Gasteiger partial charge in [-0.1, -0.05) is 13.8 Å². The lowest BCUT2D eigenvalue weighted by molar-refractivity contribution is 0.0894. The first-order valence-corrected chi connectivity index (χ1v) is 8.22. The number of methoxy groups -OCH3 is 1. The van der Waals surface area contributed by atoms with E-state index in [2.05, 4.69) is 18.7 Å². The highest BCUT2D eigenvalue weighted by atomic mass is 16.5. The molecule has 0 aromatic heterocycles. The van der Waals surface area contributed by atoms with E-state index in [0.717, 1.165) is 24.8 Å². The van der Waals surface area contributed by atoms with Crippen LogP contribution in [0.5, 0.6) is 11.5 Å². The van der Waals surface area contributed by atoms with Crippen LogP contribution in [0.1, 0.15) is 50.3 Å². The van der Waals surface area contributed by atoms with Crippen LogP contribution in [0.15, 0.2) is 12.1 Å². The summed E-state index contributed by atoms with van der Waals surface area (Å²) in [4.78, 5) is 2.63. The zero-order valence-corrected chi connectivity index (χ0v) is 13.4. The second kappa shape index (κ2) is 5.88. The first kappa shape index (κ1) is 14.7. The minimum Gasteiger partial charge on any atom is -0.504 e. The van der Waals surface area contributed by atoms with Crippen molar-refractivity contribution in [3.8, 4) is 11.5 Å². The molecular formula is C18H27NO2. The number of benzene rings is 1. The molecule has 2 atom stereocenters. The molecule has 1 fully saturated rings. The predicted octanol–water partition coefficient (Wildman–Crippen LogP) is 3.76. The monoisotopic (exact) mass is 289 g/mol. The number of phenolic OH excluding ortho intramolecular Hbond substituents is 1. The number of piperidine rings is 1. The lowest BCUT2D eigenvalue weighted by Crippen LogP contribution is -2.42. The molecule has 0 bridgehead atoms. The van der Waals surface area contributed by atoms with E-state index < -0.39 is 0 Å². The molecule has 1 saturated heterocycles. The summed E-state index contributed by atoms with van der Waals surface area (Å²) in [6.45, 7) is 7.00. The zero-order chi connectivity index (χ0) is 15.0. The van der Waals surface area contributed by atoms with Gasteiger partial charge in [-0.05, 0) is 60.8 Å². The second-order valence-electron chi connectivity index (χ2n) is 7.06. The lowest BCUT2D eigenvalue weighted by Gasteiger charge is -2.44. The summed E-state index contributed by atoms with van der Waals surface area (Å²) < 4.78 is 5.24. The average Bonchev–Trinajstić information content (AvgIpc) is 2.45. The largest absolute Gasteiger partial charge is 0.504 e. The van der Waals surface area contributed by atoms with Crippen LogP contribution >= 0.6 is 0 Å². The summed E-state index contributed by atoms with van der Waals surface area (Å²) in [5, 5.41) is 10.1. The number of ether oxygens (including phenoxy) is 1. The van der Waals surface area contributed by atoms with E-state index in [1.165, 1.54) is 36.9 Å². The molecule has 1 unspecified atom stereocenters. The van der Waals surface area contributed by atoms with Crippen molar-refractivity contribution in [2.24, 2.45) is 11.8 Å². The first-order valence-electron chi connectivity index (χ1n) is 8.22. The van der Waals surface area contributed by atoms with Gasteiger partial charge in [-0.3, -0.25) is 4.90 Å². The Balaban J connectivity index is 1.80. The quantitative estimate of drug-likeness (QED) is 0.919. The van der Waals surface area contributed by atoms with Crippen LogP contribution < -0.4 is 4.74 Å². The standard InChI is InChI=1S/C18H27NO2/c1-12(2)8-13-4-5-16-15-10-17(20)18(21-3)9-14(15)6-7-19(16)11-13/h9-10,12-13,16,20H,4-8,11H2,1-3H3/t13-,16?/m0/s1. The molecule has 0 saturated carbocycles. The number of phenols is 1. The molecule has 0 aliphatic carbocycles. The molecule has 3 heteroatoms. The van der Waals surface area contributed by atoms with E-state index in [1.807, 2.05) is 12.1 Å². The maximum absolute atomic E-state index is 10.1. The third kappa shape index (κ3) is 2.89. The van der Waals surface area contributed by atoms with Crippen LogP contribution in [0.25, 0.3) is 0 Å². The molecule has 0 radical (unpaired) electrons. The summed E-state index contributed by atoms with van der Waals surface area (Å²) in [6.07, 6.45) is 4.93. The van der Waals surface area contributed by atoms with Crippen LogP contribution in [0, 0.1) is 11.8 Å². The maximum atomic E-state index is 10.1. The highest BCUT2D eigenvalue weighted by molar-refractivity contribution is 5.48. The lowest BCUT2D eigenvalue weighted by atomic mass is 9.81. The van der Waals surface area contributed by atoms with Gasteiger partial charge in [-0.25, -0.2) is 0 Å². The van der Waals surface area contributed by atoms with Crippen molar-refractivity contribution in [3.63, 3.8) is 0 Å². The van der Waals surface area contributed by atoms with Gasteiger partial charge in [0.2, 0.25) is 0 Å². The Kier molecular flexibility index (Phi) is 4.12. The summed E-state index contributed by atoms with van der Waals surface area (Å²) in [7, 11) is 1.62. The molecule has 116 valence electrons. The van der Waals surface area contributed by atoms with Crippen molar-refractivity contribution in [3.05, 3.63) is 23.3 Å². The number of fused-ring (bicyclic) bond motifs is 3. The van der Waals surface area contributed by atoms with E-state index in [1.54, 1.807) is 7.11 Å². The van der Waals surface area contributed by atoms with E-state index in [4.69, 9.17) is 4.74 Å². The van der Waals surface area contributed by atoms with Crippen molar-refractivity contribution in [1.29, 1.82) is 0 Å². The van der Waals surface area contributed by atoms with E-state index in [-0.39, 0.29) is 5.75 Å². The number of hydrogen-bond acceptors (Lipinski definition) is 3. The summed E-state index contributed by atoms with van der Waals surface area (Å²) in [5.41, 5.74) is 2.68. The fourth-order valence-corrected chi connectivity index (χ4v) is 4.17. The van der Waals surface area contributed by atoms with E-state index in [0.29, 0.717) is 11.8 Å². The molecular weight excluding hydrogens is 262 g/mol.